The van der Waals surface area contributed by atoms with Crippen molar-refractivity contribution in [3.8, 4) is 5.75 Å². The summed E-state index contributed by atoms with van der Waals surface area (Å²) in [4.78, 5) is 25.6. The Bertz CT molecular complexity index is 776. The minimum absolute atomic E-state index is 0.141. The highest BCUT2D eigenvalue weighted by Crippen LogP contribution is 2.35. The lowest BCUT2D eigenvalue weighted by Gasteiger charge is -2.15. The Kier molecular flexibility index (Phi) is 4.71. The van der Waals surface area contributed by atoms with E-state index in [1.54, 1.807) is 24.0 Å². The van der Waals surface area contributed by atoms with Crippen LogP contribution in [-0.2, 0) is 16.1 Å². The SMILES string of the molecule is CCOC(=O)COc1cc(Cl)c2c(c1)CN(c1ccccc1)C2=O. The molecule has 1 aliphatic heterocycles. The Hall–Kier alpha value is -2.53. The maximum atomic E-state index is 12.6. The van der Waals surface area contributed by atoms with Crippen LogP contribution in [0.5, 0.6) is 5.75 Å². The first-order chi connectivity index (χ1) is 11.6. The highest BCUT2D eigenvalue weighted by Gasteiger charge is 2.31. The number of esters is 1. The molecular weight excluding hydrogens is 330 g/mol. The van der Waals surface area contributed by atoms with Gasteiger partial charge in [0.25, 0.3) is 5.91 Å². The predicted molar refractivity (Wildman–Crippen MR) is 90.5 cm³/mol. The quantitative estimate of drug-likeness (QED) is 0.779. The summed E-state index contributed by atoms with van der Waals surface area (Å²) >= 11 is 6.26. The number of fused-ring (bicyclic) bond motifs is 1. The van der Waals surface area contributed by atoms with Crippen molar-refractivity contribution < 1.29 is 19.1 Å². The molecule has 6 heteroatoms. The fourth-order valence-corrected chi connectivity index (χ4v) is 2.93. The lowest BCUT2D eigenvalue weighted by molar-refractivity contribution is -0.145. The molecule has 0 fully saturated rings. The molecule has 0 atom stereocenters. The summed E-state index contributed by atoms with van der Waals surface area (Å²) < 4.78 is 10.2. The van der Waals surface area contributed by atoms with Gasteiger partial charge in [0.2, 0.25) is 0 Å². The molecule has 124 valence electrons. The van der Waals surface area contributed by atoms with Gasteiger partial charge in [-0.15, -0.1) is 0 Å². The van der Waals surface area contributed by atoms with E-state index in [0.29, 0.717) is 29.5 Å². The van der Waals surface area contributed by atoms with Gasteiger partial charge >= 0.3 is 5.97 Å². The minimum Gasteiger partial charge on any atom is -0.482 e. The van der Waals surface area contributed by atoms with Crippen LogP contribution in [0.4, 0.5) is 5.69 Å². The number of rotatable bonds is 5. The van der Waals surface area contributed by atoms with Crippen molar-refractivity contribution in [1.82, 2.24) is 0 Å². The zero-order valence-electron chi connectivity index (χ0n) is 13.1. The average Bonchev–Trinajstić information content (AvgIpc) is 2.91. The van der Waals surface area contributed by atoms with Gasteiger partial charge in [-0.2, -0.15) is 0 Å². The molecule has 5 nitrogen and oxygen atoms in total. The fraction of sp³-hybridized carbons (Fsp3) is 0.222. The third-order valence-electron chi connectivity index (χ3n) is 3.66. The number of benzene rings is 2. The number of nitrogens with zero attached hydrogens (tertiary/aromatic N) is 1. The number of carbonyl (C=O) groups is 2. The third kappa shape index (κ3) is 3.21. The van der Waals surface area contributed by atoms with E-state index in [-0.39, 0.29) is 12.5 Å². The van der Waals surface area contributed by atoms with Crippen molar-refractivity contribution in [2.75, 3.05) is 18.1 Å². The molecule has 0 radical (unpaired) electrons. The van der Waals surface area contributed by atoms with Crippen LogP contribution in [0.3, 0.4) is 0 Å². The number of ether oxygens (including phenoxy) is 2. The van der Waals surface area contributed by atoms with Gasteiger partial charge in [0.15, 0.2) is 6.61 Å². The van der Waals surface area contributed by atoms with Gasteiger partial charge in [-0.05, 0) is 36.8 Å². The molecule has 1 heterocycles. The smallest absolute Gasteiger partial charge is 0.344 e. The van der Waals surface area contributed by atoms with Crippen molar-refractivity contribution in [1.29, 1.82) is 0 Å². The van der Waals surface area contributed by atoms with E-state index in [0.717, 1.165) is 11.3 Å². The lowest BCUT2D eigenvalue weighted by Crippen LogP contribution is -2.22. The molecule has 3 rings (SSSR count). The maximum absolute atomic E-state index is 12.6. The maximum Gasteiger partial charge on any atom is 0.344 e. The zero-order valence-corrected chi connectivity index (χ0v) is 13.9. The molecule has 2 aromatic carbocycles. The molecule has 2 aromatic rings. The van der Waals surface area contributed by atoms with Crippen LogP contribution in [0.15, 0.2) is 42.5 Å². The van der Waals surface area contributed by atoms with Gasteiger partial charge in [0.05, 0.1) is 23.7 Å². The largest absolute Gasteiger partial charge is 0.482 e. The molecule has 1 aliphatic rings. The summed E-state index contributed by atoms with van der Waals surface area (Å²) in [6.07, 6.45) is 0. The molecule has 0 saturated heterocycles. The molecule has 1 amide bonds. The Balaban J connectivity index is 1.81. The summed E-state index contributed by atoms with van der Waals surface area (Å²) in [5.74, 6) is -0.149. The number of para-hydroxylation sites is 1. The van der Waals surface area contributed by atoms with E-state index in [4.69, 9.17) is 21.1 Å². The molecule has 0 unspecified atom stereocenters. The number of hydrogen-bond acceptors (Lipinski definition) is 4. The number of carbonyl (C=O) groups excluding carboxylic acids is 2. The van der Waals surface area contributed by atoms with Gasteiger partial charge in [0.1, 0.15) is 5.75 Å². The van der Waals surface area contributed by atoms with Crippen molar-refractivity contribution in [2.24, 2.45) is 0 Å². The van der Waals surface area contributed by atoms with E-state index >= 15 is 0 Å². The number of halogens is 1. The van der Waals surface area contributed by atoms with Gasteiger partial charge in [0, 0.05) is 5.69 Å². The molecular formula is C18H16ClNO4. The molecule has 0 spiro atoms. The molecule has 0 aliphatic carbocycles. The second-order valence-corrected chi connectivity index (χ2v) is 5.67. The van der Waals surface area contributed by atoms with Gasteiger partial charge < -0.3 is 14.4 Å². The second-order valence-electron chi connectivity index (χ2n) is 5.26. The number of hydrogen-bond donors (Lipinski definition) is 0. The van der Waals surface area contributed by atoms with Crippen LogP contribution >= 0.6 is 11.6 Å². The van der Waals surface area contributed by atoms with E-state index in [1.807, 2.05) is 30.3 Å². The van der Waals surface area contributed by atoms with Gasteiger partial charge in [-0.1, -0.05) is 29.8 Å². The van der Waals surface area contributed by atoms with Gasteiger partial charge in [-0.3, -0.25) is 4.79 Å². The van der Waals surface area contributed by atoms with Crippen molar-refractivity contribution in [2.45, 2.75) is 13.5 Å². The molecule has 0 saturated carbocycles. The first-order valence-corrected chi connectivity index (χ1v) is 7.95. The van der Waals surface area contributed by atoms with Crippen molar-refractivity contribution in [3.63, 3.8) is 0 Å². The highest BCUT2D eigenvalue weighted by atomic mass is 35.5. The standard InChI is InChI=1S/C18H16ClNO4/c1-2-23-16(21)11-24-14-8-12-10-20(13-6-4-3-5-7-13)18(22)17(12)15(19)9-14/h3-9H,2,10-11H2,1H3. The molecule has 24 heavy (non-hydrogen) atoms. The van der Waals surface area contributed by atoms with Crippen molar-refractivity contribution >= 4 is 29.2 Å². The van der Waals surface area contributed by atoms with Crippen LogP contribution in [-0.4, -0.2) is 25.1 Å². The van der Waals surface area contributed by atoms with Crippen LogP contribution in [0, 0.1) is 0 Å². The number of amides is 1. The highest BCUT2D eigenvalue weighted by molar-refractivity contribution is 6.35. The van der Waals surface area contributed by atoms with E-state index < -0.39 is 5.97 Å². The summed E-state index contributed by atoms with van der Waals surface area (Å²) in [6, 6.07) is 12.7. The molecule has 0 bridgehead atoms. The number of anilines is 1. The van der Waals surface area contributed by atoms with E-state index in [9.17, 15) is 9.59 Å². The predicted octanol–water partition coefficient (Wildman–Crippen LogP) is 3.44. The fourth-order valence-electron chi connectivity index (χ4n) is 2.62. The first kappa shape index (κ1) is 16.3. The van der Waals surface area contributed by atoms with Gasteiger partial charge in [-0.25, -0.2) is 4.79 Å². The van der Waals surface area contributed by atoms with E-state index in [1.165, 1.54) is 0 Å². The Morgan fingerprint density at radius 3 is 2.71 bits per heavy atom. The topological polar surface area (TPSA) is 55.8 Å². The Morgan fingerprint density at radius 1 is 1.25 bits per heavy atom. The summed E-state index contributed by atoms with van der Waals surface area (Å²) in [5, 5.41) is 0.315. The summed E-state index contributed by atoms with van der Waals surface area (Å²) in [7, 11) is 0. The lowest BCUT2D eigenvalue weighted by atomic mass is 10.1. The summed E-state index contributed by atoms with van der Waals surface area (Å²) in [5.41, 5.74) is 2.06. The van der Waals surface area contributed by atoms with E-state index in [2.05, 4.69) is 0 Å². The Morgan fingerprint density at radius 2 is 2.00 bits per heavy atom. The van der Waals surface area contributed by atoms with Crippen LogP contribution in [0.2, 0.25) is 5.02 Å². The second kappa shape index (κ2) is 6.93. The minimum atomic E-state index is -0.448. The van der Waals surface area contributed by atoms with Crippen LogP contribution < -0.4 is 9.64 Å². The third-order valence-corrected chi connectivity index (χ3v) is 3.96. The Labute approximate surface area is 144 Å². The average molecular weight is 346 g/mol. The zero-order chi connectivity index (χ0) is 17.1. The molecule has 0 N–H and O–H groups in total. The molecule has 0 aromatic heterocycles. The normalized spacial score (nSPS) is 12.9. The summed E-state index contributed by atoms with van der Waals surface area (Å²) in [6.45, 7) is 2.25. The first-order valence-electron chi connectivity index (χ1n) is 7.58. The van der Waals surface area contributed by atoms with Crippen LogP contribution in [0.1, 0.15) is 22.8 Å². The van der Waals surface area contributed by atoms with Crippen LogP contribution in [0.25, 0.3) is 0 Å². The van der Waals surface area contributed by atoms with Crippen molar-refractivity contribution in [3.05, 3.63) is 58.6 Å². The monoisotopic (exact) mass is 345 g/mol.